The Hall–Kier alpha value is -3.32. The maximum atomic E-state index is 12.2. The van der Waals surface area contributed by atoms with Gasteiger partial charge >= 0.3 is 0 Å². The van der Waals surface area contributed by atoms with Gasteiger partial charge in [0.2, 0.25) is 0 Å². The summed E-state index contributed by atoms with van der Waals surface area (Å²) in [4.78, 5) is 12.2. The zero-order valence-corrected chi connectivity index (χ0v) is 17.9. The fourth-order valence-corrected chi connectivity index (χ4v) is 3.00. The first-order valence-electron chi connectivity index (χ1n) is 9.32. The fraction of sp³-hybridized carbons (Fsp3) is 0.130. The minimum atomic E-state index is -0.516. The van der Waals surface area contributed by atoms with Crippen molar-refractivity contribution in [1.82, 2.24) is 5.43 Å². The Morgan fingerprint density at radius 2 is 1.87 bits per heavy atom. The van der Waals surface area contributed by atoms with E-state index in [-0.39, 0.29) is 11.3 Å². The maximum Gasteiger partial charge on any atom is 0.275 e. The van der Waals surface area contributed by atoms with Crippen molar-refractivity contribution in [3.63, 3.8) is 0 Å². The average Bonchev–Trinajstić information content (AvgIpc) is 2.75. The van der Waals surface area contributed by atoms with E-state index < -0.39 is 5.91 Å². The Balaban J connectivity index is 1.67. The molecule has 0 aliphatic rings. The Bertz CT molecular complexity index is 1040. The number of hydrazone groups is 1. The number of ether oxygens (including phenoxy) is 2. The van der Waals surface area contributed by atoms with Crippen LogP contribution in [-0.2, 0) is 6.61 Å². The second kappa shape index (κ2) is 10.5. The number of benzene rings is 3. The molecule has 154 valence electrons. The van der Waals surface area contributed by atoms with Gasteiger partial charge in [-0.05, 0) is 54.4 Å². The van der Waals surface area contributed by atoms with Crippen molar-refractivity contribution in [2.24, 2.45) is 5.10 Å². The van der Waals surface area contributed by atoms with Gasteiger partial charge in [-0.3, -0.25) is 4.79 Å². The molecule has 2 N–H and O–H groups in total. The SMILES string of the molecule is CCOc1cc(/C=N\NC(=O)c2cc(Br)ccc2O)ccc1OCc1ccccc1. The first-order valence-corrected chi connectivity index (χ1v) is 10.1. The standard InChI is InChI=1S/C23H21BrN2O4/c1-2-29-22-12-17(8-11-21(22)30-15-16-6-4-3-5-7-16)14-25-26-23(28)19-13-18(24)9-10-20(19)27/h3-14,27H,2,15H2,1H3,(H,26,28)/b25-14-. The van der Waals surface area contributed by atoms with E-state index in [1.807, 2.05) is 43.3 Å². The summed E-state index contributed by atoms with van der Waals surface area (Å²) in [6.07, 6.45) is 1.50. The molecule has 0 spiro atoms. The van der Waals surface area contributed by atoms with E-state index in [0.29, 0.717) is 29.2 Å². The summed E-state index contributed by atoms with van der Waals surface area (Å²) < 4.78 is 12.2. The van der Waals surface area contributed by atoms with Gasteiger partial charge in [-0.25, -0.2) is 5.43 Å². The molecule has 3 rings (SSSR count). The lowest BCUT2D eigenvalue weighted by Crippen LogP contribution is -2.17. The highest BCUT2D eigenvalue weighted by molar-refractivity contribution is 9.10. The van der Waals surface area contributed by atoms with E-state index in [1.54, 1.807) is 18.2 Å². The minimum Gasteiger partial charge on any atom is -0.507 e. The van der Waals surface area contributed by atoms with Crippen LogP contribution in [0.5, 0.6) is 17.2 Å². The van der Waals surface area contributed by atoms with Crippen LogP contribution in [0, 0.1) is 0 Å². The van der Waals surface area contributed by atoms with Gasteiger partial charge in [-0.1, -0.05) is 46.3 Å². The number of carbonyl (C=O) groups is 1. The molecule has 0 aliphatic carbocycles. The van der Waals surface area contributed by atoms with Crippen molar-refractivity contribution in [1.29, 1.82) is 0 Å². The third kappa shape index (κ3) is 5.84. The molecule has 30 heavy (non-hydrogen) atoms. The molecule has 0 saturated heterocycles. The van der Waals surface area contributed by atoms with Crippen LogP contribution in [0.3, 0.4) is 0 Å². The van der Waals surface area contributed by atoms with Gasteiger partial charge in [0.05, 0.1) is 18.4 Å². The zero-order valence-electron chi connectivity index (χ0n) is 16.3. The molecule has 0 saturated carbocycles. The quantitative estimate of drug-likeness (QED) is 0.364. The lowest BCUT2D eigenvalue weighted by atomic mass is 10.2. The van der Waals surface area contributed by atoms with Gasteiger partial charge in [0.1, 0.15) is 12.4 Å². The molecule has 0 aliphatic heterocycles. The summed E-state index contributed by atoms with van der Waals surface area (Å²) in [6, 6.07) is 19.9. The molecule has 0 heterocycles. The molecule has 0 atom stereocenters. The Morgan fingerprint density at radius 3 is 2.63 bits per heavy atom. The van der Waals surface area contributed by atoms with Crippen molar-refractivity contribution < 1.29 is 19.4 Å². The lowest BCUT2D eigenvalue weighted by molar-refractivity contribution is 0.0952. The molecule has 3 aromatic rings. The van der Waals surface area contributed by atoms with Crippen LogP contribution in [0.2, 0.25) is 0 Å². The largest absolute Gasteiger partial charge is 0.507 e. The number of amides is 1. The molecule has 0 bridgehead atoms. The highest BCUT2D eigenvalue weighted by atomic mass is 79.9. The second-order valence-electron chi connectivity index (χ2n) is 6.27. The number of phenolic OH excluding ortho intramolecular Hbond substituents is 1. The average molecular weight is 469 g/mol. The highest BCUT2D eigenvalue weighted by Gasteiger charge is 2.11. The summed E-state index contributed by atoms with van der Waals surface area (Å²) in [5.74, 6) is 0.580. The van der Waals surface area contributed by atoms with Gasteiger partial charge in [-0.15, -0.1) is 0 Å². The number of nitrogens with zero attached hydrogens (tertiary/aromatic N) is 1. The maximum absolute atomic E-state index is 12.2. The number of hydrogen-bond donors (Lipinski definition) is 2. The summed E-state index contributed by atoms with van der Waals surface area (Å²) in [6.45, 7) is 2.81. The van der Waals surface area contributed by atoms with E-state index >= 15 is 0 Å². The van der Waals surface area contributed by atoms with Crippen molar-refractivity contribution in [2.75, 3.05) is 6.61 Å². The van der Waals surface area contributed by atoms with Crippen LogP contribution in [0.15, 0.2) is 76.3 Å². The van der Waals surface area contributed by atoms with E-state index in [9.17, 15) is 9.90 Å². The topological polar surface area (TPSA) is 80.2 Å². The molecule has 0 radical (unpaired) electrons. The van der Waals surface area contributed by atoms with Crippen LogP contribution in [-0.4, -0.2) is 23.8 Å². The molecule has 0 aromatic heterocycles. The summed E-state index contributed by atoms with van der Waals surface area (Å²) in [5, 5.41) is 13.8. The first kappa shape index (κ1) is 21.4. The van der Waals surface area contributed by atoms with E-state index in [2.05, 4.69) is 26.5 Å². The number of halogens is 1. The third-order valence-electron chi connectivity index (χ3n) is 4.09. The predicted octanol–water partition coefficient (Wildman–Crippen LogP) is 4.90. The van der Waals surface area contributed by atoms with Gasteiger partial charge in [0.15, 0.2) is 11.5 Å². The number of nitrogens with one attached hydrogen (secondary N) is 1. The molecule has 0 fully saturated rings. The van der Waals surface area contributed by atoms with E-state index in [4.69, 9.17) is 9.47 Å². The van der Waals surface area contributed by atoms with Crippen molar-refractivity contribution in [2.45, 2.75) is 13.5 Å². The van der Waals surface area contributed by atoms with Crippen LogP contribution in [0.4, 0.5) is 0 Å². The fourth-order valence-electron chi connectivity index (χ4n) is 2.64. The summed E-state index contributed by atoms with van der Waals surface area (Å²) in [5.41, 5.74) is 4.32. The molecule has 7 heteroatoms. The summed E-state index contributed by atoms with van der Waals surface area (Å²) >= 11 is 3.27. The second-order valence-corrected chi connectivity index (χ2v) is 7.19. The minimum absolute atomic E-state index is 0.121. The smallest absolute Gasteiger partial charge is 0.275 e. The van der Waals surface area contributed by atoms with Crippen LogP contribution >= 0.6 is 15.9 Å². The molecular formula is C23H21BrN2O4. The van der Waals surface area contributed by atoms with E-state index in [0.717, 1.165) is 11.1 Å². The number of rotatable bonds is 8. The number of hydrogen-bond acceptors (Lipinski definition) is 5. The Labute approximate surface area is 183 Å². The molecule has 0 unspecified atom stereocenters. The van der Waals surface area contributed by atoms with Crippen LogP contribution in [0.25, 0.3) is 0 Å². The van der Waals surface area contributed by atoms with Gasteiger partial charge in [0, 0.05) is 4.47 Å². The molecule has 3 aromatic carbocycles. The molecule has 1 amide bonds. The number of carbonyl (C=O) groups excluding carboxylic acids is 1. The summed E-state index contributed by atoms with van der Waals surface area (Å²) in [7, 11) is 0. The van der Waals surface area contributed by atoms with Gasteiger partial charge in [-0.2, -0.15) is 5.10 Å². The number of phenols is 1. The van der Waals surface area contributed by atoms with Crippen LogP contribution in [0.1, 0.15) is 28.4 Å². The highest BCUT2D eigenvalue weighted by Crippen LogP contribution is 2.29. The predicted molar refractivity (Wildman–Crippen MR) is 119 cm³/mol. The molecular weight excluding hydrogens is 448 g/mol. The van der Waals surface area contributed by atoms with Gasteiger partial charge < -0.3 is 14.6 Å². The lowest BCUT2D eigenvalue weighted by Gasteiger charge is -2.12. The van der Waals surface area contributed by atoms with Crippen LogP contribution < -0.4 is 14.9 Å². The Kier molecular flexibility index (Phi) is 7.45. The van der Waals surface area contributed by atoms with E-state index in [1.165, 1.54) is 18.3 Å². The monoisotopic (exact) mass is 468 g/mol. The molecule has 6 nitrogen and oxygen atoms in total. The Morgan fingerprint density at radius 1 is 1.07 bits per heavy atom. The van der Waals surface area contributed by atoms with Gasteiger partial charge in [0.25, 0.3) is 5.91 Å². The third-order valence-corrected chi connectivity index (χ3v) is 4.58. The zero-order chi connectivity index (χ0) is 21.3. The van der Waals surface area contributed by atoms with Crippen molar-refractivity contribution in [3.8, 4) is 17.2 Å². The first-order chi connectivity index (χ1) is 14.6. The number of aromatic hydroxyl groups is 1. The van der Waals surface area contributed by atoms with Crippen molar-refractivity contribution in [3.05, 3.63) is 87.9 Å². The normalized spacial score (nSPS) is 10.7. The van der Waals surface area contributed by atoms with Crippen molar-refractivity contribution >= 4 is 28.1 Å².